The van der Waals surface area contributed by atoms with Crippen LogP contribution in [0.5, 0.6) is 0 Å². The van der Waals surface area contributed by atoms with Crippen molar-refractivity contribution in [2.45, 2.75) is 32.2 Å². The predicted molar refractivity (Wildman–Crippen MR) is 83.6 cm³/mol. The Hall–Kier alpha value is -2.63. The number of aromatic nitrogens is 4. The largest absolute Gasteiger partial charge is 0.360 e. The SMILES string of the molecule is O=C(Cc1cn2c(n1)CCCC2)Nc1cc2cc[nH]c2cn1. The van der Waals surface area contributed by atoms with Crippen LogP contribution >= 0.6 is 0 Å². The number of fused-ring (bicyclic) bond motifs is 2. The summed E-state index contributed by atoms with van der Waals surface area (Å²) in [5.41, 5.74) is 1.79. The number of pyridine rings is 1. The van der Waals surface area contributed by atoms with Gasteiger partial charge in [0.1, 0.15) is 11.6 Å². The molecule has 3 aromatic rings. The summed E-state index contributed by atoms with van der Waals surface area (Å²) in [5, 5.41) is 3.87. The average Bonchev–Trinajstić information content (AvgIpc) is 3.11. The van der Waals surface area contributed by atoms with Gasteiger partial charge in [0, 0.05) is 30.7 Å². The van der Waals surface area contributed by atoms with Crippen LogP contribution in [0.3, 0.4) is 0 Å². The van der Waals surface area contributed by atoms with Crippen LogP contribution in [0.1, 0.15) is 24.4 Å². The first-order chi connectivity index (χ1) is 10.8. The average molecular weight is 295 g/mol. The fourth-order valence-electron chi connectivity index (χ4n) is 2.93. The highest BCUT2D eigenvalue weighted by molar-refractivity contribution is 5.93. The van der Waals surface area contributed by atoms with Crippen LogP contribution in [0.25, 0.3) is 10.9 Å². The molecule has 6 heteroatoms. The van der Waals surface area contributed by atoms with Crippen LogP contribution < -0.4 is 5.32 Å². The molecule has 0 spiro atoms. The summed E-state index contributed by atoms with van der Waals surface area (Å²) in [6, 6.07) is 3.82. The molecular weight excluding hydrogens is 278 g/mol. The maximum atomic E-state index is 12.2. The van der Waals surface area contributed by atoms with E-state index in [-0.39, 0.29) is 12.3 Å². The molecule has 4 heterocycles. The number of imidazole rings is 1. The Balaban J connectivity index is 1.46. The van der Waals surface area contributed by atoms with E-state index >= 15 is 0 Å². The van der Waals surface area contributed by atoms with Gasteiger partial charge in [-0.2, -0.15) is 0 Å². The van der Waals surface area contributed by atoms with Crippen molar-refractivity contribution in [1.29, 1.82) is 0 Å². The standard InChI is InChI=1S/C16H17N5O/c22-16(8-12-10-21-6-2-1-3-15(21)19-12)20-14-7-11-4-5-17-13(11)9-18-14/h4-5,7,9-10,17H,1-3,6,8H2,(H,18,20,22). The third-order valence-electron chi connectivity index (χ3n) is 4.01. The van der Waals surface area contributed by atoms with Crippen LogP contribution in [0.2, 0.25) is 0 Å². The van der Waals surface area contributed by atoms with Gasteiger partial charge in [-0.3, -0.25) is 4.79 Å². The molecule has 22 heavy (non-hydrogen) atoms. The number of rotatable bonds is 3. The molecule has 1 aliphatic rings. The lowest BCUT2D eigenvalue weighted by Gasteiger charge is -2.11. The first-order valence-corrected chi connectivity index (χ1v) is 7.56. The summed E-state index contributed by atoms with van der Waals surface area (Å²) in [7, 11) is 0. The van der Waals surface area contributed by atoms with Crippen molar-refractivity contribution in [3.63, 3.8) is 0 Å². The Morgan fingerprint density at radius 1 is 1.41 bits per heavy atom. The van der Waals surface area contributed by atoms with Crippen LogP contribution in [-0.2, 0) is 24.2 Å². The summed E-state index contributed by atoms with van der Waals surface area (Å²) in [6.07, 6.45) is 9.24. The zero-order valence-electron chi connectivity index (χ0n) is 12.2. The molecular formula is C16H17N5O. The molecule has 0 bridgehead atoms. The predicted octanol–water partition coefficient (Wildman–Crippen LogP) is 2.28. The lowest BCUT2D eigenvalue weighted by molar-refractivity contribution is -0.115. The first-order valence-electron chi connectivity index (χ1n) is 7.56. The summed E-state index contributed by atoms with van der Waals surface area (Å²) >= 11 is 0. The van der Waals surface area contributed by atoms with Gasteiger partial charge < -0.3 is 14.9 Å². The second-order valence-electron chi connectivity index (χ2n) is 5.66. The molecule has 0 unspecified atom stereocenters. The number of amides is 1. The summed E-state index contributed by atoms with van der Waals surface area (Å²) in [4.78, 5) is 24.0. The van der Waals surface area contributed by atoms with E-state index < -0.39 is 0 Å². The van der Waals surface area contributed by atoms with Crippen molar-refractivity contribution < 1.29 is 4.79 Å². The first kappa shape index (κ1) is 13.1. The summed E-state index contributed by atoms with van der Waals surface area (Å²) in [6.45, 7) is 1.01. The fourth-order valence-corrected chi connectivity index (χ4v) is 2.93. The maximum Gasteiger partial charge on any atom is 0.231 e. The Morgan fingerprint density at radius 2 is 2.36 bits per heavy atom. The third-order valence-corrected chi connectivity index (χ3v) is 4.01. The highest BCUT2D eigenvalue weighted by Crippen LogP contribution is 2.17. The minimum atomic E-state index is -0.0853. The van der Waals surface area contributed by atoms with Gasteiger partial charge in [-0.05, 0) is 25.0 Å². The molecule has 4 rings (SSSR count). The van der Waals surface area contributed by atoms with Gasteiger partial charge >= 0.3 is 0 Å². The zero-order chi connectivity index (χ0) is 14.9. The Morgan fingerprint density at radius 3 is 3.27 bits per heavy atom. The van der Waals surface area contributed by atoms with E-state index in [0.717, 1.165) is 35.4 Å². The van der Waals surface area contributed by atoms with Gasteiger partial charge in [0.2, 0.25) is 5.91 Å². The molecule has 2 N–H and O–H groups in total. The summed E-state index contributed by atoms with van der Waals surface area (Å²) in [5.74, 6) is 1.58. The maximum absolute atomic E-state index is 12.2. The molecule has 0 aliphatic carbocycles. The molecule has 6 nitrogen and oxygen atoms in total. The van der Waals surface area contributed by atoms with Crippen LogP contribution in [-0.4, -0.2) is 25.4 Å². The Kier molecular flexibility index (Phi) is 3.14. The van der Waals surface area contributed by atoms with E-state index in [9.17, 15) is 4.79 Å². The number of nitrogens with one attached hydrogen (secondary N) is 2. The van der Waals surface area contributed by atoms with E-state index in [1.807, 2.05) is 24.5 Å². The number of nitrogens with zero attached hydrogens (tertiary/aromatic N) is 3. The molecule has 0 fully saturated rings. The van der Waals surface area contributed by atoms with Crippen molar-refractivity contribution >= 4 is 22.6 Å². The number of aryl methyl sites for hydroxylation is 2. The molecule has 0 saturated heterocycles. The number of hydrogen-bond acceptors (Lipinski definition) is 3. The van der Waals surface area contributed by atoms with Crippen molar-refractivity contribution in [1.82, 2.24) is 19.5 Å². The van der Waals surface area contributed by atoms with Gasteiger partial charge in [-0.15, -0.1) is 0 Å². The molecule has 112 valence electrons. The fraction of sp³-hybridized carbons (Fsp3) is 0.312. The van der Waals surface area contributed by atoms with Crippen molar-refractivity contribution in [2.24, 2.45) is 0 Å². The van der Waals surface area contributed by atoms with Gasteiger partial charge in [0.25, 0.3) is 0 Å². The van der Waals surface area contributed by atoms with E-state index in [4.69, 9.17) is 0 Å². The van der Waals surface area contributed by atoms with Gasteiger partial charge in [-0.1, -0.05) is 0 Å². The van der Waals surface area contributed by atoms with Gasteiger partial charge in [0.15, 0.2) is 0 Å². The number of anilines is 1. The molecule has 3 aromatic heterocycles. The lowest BCUT2D eigenvalue weighted by Crippen LogP contribution is -2.15. The quantitative estimate of drug-likeness (QED) is 0.778. The van der Waals surface area contributed by atoms with Crippen molar-refractivity contribution in [3.05, 3.63) is 42.2 Å². The van der Waals surface area contributed by atoms with Crippen LogP contribution in [0.15, 0.2) is 30.7 Å². The van der Waals surface area contributed by atoms with E-state index in [2.05, 4.69) is 24.8 Å². The van der Waals surface area contributed by atoms with Crippen molar-refractivity contribution in [2.75, 3.05) is 5.32 Å². The van der Waals surface area contributed by atoms with Gasteiger partial charge in [0.05, 0.1) is 23.8 Å². The third kappa shape index (κ3) is 2.47. The topological polar surface area (TPSA) is 75.6 Å². The second-order valence-corrected chi connectivity index (χ2v) is 5.66. The summed E-state index contributed by atoms with van der Waals surface area (Å²) < 4.78 is 2.16. The molecule has 0 saturated carbocycles. The highest BCUT2D eigenvalue weighted by Gasteiger charge is 2.14. The second kappa shape index (κ2) is 5.29. The number of aromatic amines is 1. The minimum absolute atomic E-state index is 0.0853. The molecule has 1 amide bonds. The van der Waals surface area contributed by atoms with Gasteiger partial charge in [-0.25, -0.2) is 9.97 Å². The molecule has 0 radical (unpaired) electrons. The number of carbonyl (C=O) groups is 1. The molecule has 0 atom stereocenters. The minimum Gasteiger partial charge on any atom is -0.360 e. The Labute approximate surface area is 127 Å². The highest BCUT2D eigenvalue weighted by atomic mass is 16.1. The molecule has 1 aliphatic heterocycles. The van der Waals surface area contributed by atoms with E-state index in [0.29, 0.717) is 5.82 Å². The van der Waals surface area contributed by atoms with Crippen LogP contribution in [0, 0.1) is 0 Å². The monoisotopic (exact) mass is 295 g/mol. The smallest absolute Gasteiger partial charge is 0.231 e. The number of carbonyl (C=O) groups excluding carboxylic acids is 1. The normalized spacial score (nSPS) is 14.0. The Bertz CT molecular complexity index is 809. The number of hydrogen-bond donors (Lipinski definition) is 2. The lowest BCUT2D eigenvalue weighted by atomic mass is 10.2. The van der Waals surface area contributed by atoms with E-state index in [1.165, 1.54) is 12.8 Å². The number of H-pyrrole nitrogens is 1. The van der Waals surface area contributed by atoms with Crippen LogP contribution in [0.4, 0.5) is 5.82 Å². The molecule has 0 aromatic carbocycles. The van der Waals surface area contributed by atoms with E-state index in [1.54, 1.807) is 6.20 Å². The zero-order valence-corrected chi connectivity index (χ0v) is 12.2. The van der Waals surface area contributed by atoms with Crippen molar-refractivity contribution in [3.8, 4) is 0 Å².